The van der Waals surface area contributed by atoms with E-state index in [-0.39, 0.29) is 11.9 Å². The molecule has 1 aliphatic heterocycles. The molecule has 0 aliphatic carbocycles. The normalized spacial score (nSPS) is 14.3. The molecule has 0 unspecified atom stereocenters. The Morgan fingerprint density at radius 3 is 2.28 bits per heavy atom. The number of amides is 3. The minimum Gasteiger partial charge on any atom is -0.497 e. The van der Waals surface area contributed by atoms with E-state index in [1.807, 2.05) is 29.2 Å². The first-order chi connectivity index (χ1) is 12.1. The standard InChI is InChI=1S/C18H27N3O4/c1-24-14-9-19-18(23)21-12-10-20(11-13-21)17(22)8-5-15-3-6-16(25-2)7-4-15/h3-4,6-7H,5,8-14H2,1-2H3,(H,19,23). The molecule has 7 nitrogen and oxygen atoms in total. The second-order valence-electron chi connectivity index (χ2n) is 5.94. The van der Waals surface area contributed by atoms with Crippen molar-refractivity contribution in [3.63, 3.8) is 0 Å². The monoisotopic (exact) mass is 349 g/mol. The molecule has 1 aromatic rings. The number of carbonyl (C=O) groups excluding carboxylic acids is 2. The van der Waals surface area contributed by atoms with Crippen LogP contribution in [0.15, 0.2) is 24.3 Å². The van der Waals surface area contributed by atoms with E-state index in [1.165, 1.54) is 0 Å². The number of carbonyl (C=O) groups is 2. The molecule has 0 atom stereocenters. The van der Waals surface area contributed by atoms with Crippen LogP contribution in [-0.4, -0.2) is 75.3 Å². The lowest BCUT2D eigenvalue weighted by atomic mass is 10.1. The van der Waals surface area contributed by atoms with Crippen LogP contribution in [0.4, 0.5) is 4.79 Å². The van der Waals surface area contributed by atoms with E-state index >= 15 is 0 Å². The zero-order valence-corrected chi connectivity index (χ0v) is 15.0. The van der Waals surface area contributed by atoms with E-state index < -0.39 is 0 Å². The van der Waals surface area contributed by atoms with Crippen LogP contribution in [0, 0.1) is 0 Å². The molecule has 138 valence electrons. The Morgan fingerprint density at radius 1 is 1.04 bits per heavy atom. The van der Waals surface area contributed by atoms with Crippen LogP contribution in [0.25, 0.3) is 0 Å². The van der Waals surface area contributed by atoms with Gasteiger partial charge in [-0.1, -0.05) is 12.1 Å². The summed E-state index contributed by atoms with van der Waals surface area (Å²) in [6, 6.07) is 7.67. The molecule has 0 bridgehead atoms. The van der Waals surface area contributed by atoms with Crippen molar-refractivity contribution in [2.45, 2.75) is 12.8 Å². The van der Waals surface area contributed by atoms with Gasteiger partial charge in [-0.2, -0.15) is 0 Å². The number of hydrogen-bond acceptors (Lipinski definition) is 4. The maximum Gasteiger partial charge on any atom is 0.317 e. The van der Waals surface area contributed by atoms with Crippen LogP contribution in [-0.2, 0) is 16.0 Å². The quantitative estimate of drug-likeness (QED) is 0.749. The van der Waals surface area contributed by atoms with Gasteiger partial charge in [-0.3, -0.25) is 4.79 Å². The number of rotatable bonds is 7. The first kappa shape index (κ1) is 19.1. The maximum absolute atomic E-state index is 12.3. The first-order valence-electron chi connectivity index (χ1n) is 8.56. The minimum atomic E-state index is -0.0950. The lowest BCUT2D eigenvalue weighted by Gasteiger charge is -2.34. The summed E-state index contributed by atoms with van der Waals surface area (Å²) in [7, 11) is 3.23. The number of piperazine rings is 1. The fourth-order valence-electron chi connectivity index (χ4n) is 2.73. The molecule has 0 spiro atoms. The molecule has 1 aliphatic rings. The van der Waals surface area contributed by atoms with Crippen LogP contribution in [0.5, 0.6) is 5.75 Å². The first-order valence-corrected chi connectivity index (χ1v) is 8.56. The summed E-state index contributed by atoms with van der Waals surface area (Å²) in [6.45, 7) is 3.28. The van der Waals surface area contributed by atoms with Crippen molar-refractivity contribution in [2.75, 3.05) is 53.6 Å². The van der Waals surface area contributed by atoms with Gasteiger partial charge in [0.05, 0.1) is 13.7 Å². The molecule has 0 saturated carbocycles. The predicted octanol–water partition coefficient (Wildman–Crippen LogP) is 1.13. The molecule has 3 amide bonds. The Bertz CT molecular complexity index is 554. The molecule has 0 aromatic heterocycles. The van der Waals surface area contributed by atoms with Gasteiger partial charge in [0.25, 0.3) is 0 Å². The van der Waals surface area contributed by atoms with Crippen molar-refractivity contribution < 1.29 is 19.1 Å². The van der Waals surface area contributed by atoms with Crippen LogP contribution in [0.3, 0.4) is 0 Å². The van der Waals surface area contributed by atoms with Crippen LogP contribution >= 0.6 is 0 Å². The zero-order chi connectivity index (χ0) is 18.1. The smallest absolute Gasteiger partial charge is 0.317 e. The summed E-state index contributed by atoms with van der Waals surface area (Å²) in [5.74, 6) is 0.949. The number of aryl methyl sites for hydroxylation is 1. The summed E-state index contributed by atoms with van der Waals surface area (Å²) in [5, 5.41) is 2.80. The van der Waals surface area contributed by atoms with Crippen molar-refractivity contribution in [3.8, 4) is 5.75 Å². The summed E-state index contributed by atoms with van der Waals surface area (Å²) in [6.07, 6.45) is 1.19. The molecular weight excluding hydrogens is 322 g/mol. The third-order valence-corrected chi connectivity index (χ3v) is 4.29. The van der Waals surface area contributed by atoms with Gasteiger partial charge >= 0.3 is 6.03 Å². The molecule has 1 N–H and O–H groups in total. The topological polar surface area (TPSA) is 71.1 Å². The Balaban J connectivity index is 1.70. The van der Waals surface area contributed by atoms with Gasteiger partial charge in [0.15, 0.2) is 0 Å². The maximum atomic E-state index is 12.3. The van der Waals surface area contributed by atoms with Gasteiger partial charge < -0.3 is 24.6 Å². The summed E-state index contributed by atoms with van der Waals surface area (Å²) < 4.78 is 10.0. The molecule has 2 rings (SSSR count). The Kier molecular flexibility index (Phi) is 7.53. The highest BCUT2D eigenvalue weighted by Gasteiger charge is 2.23. The van der Waals surface area contributed by atoms with E-state index in [2.05, 4.69) is 5.32 Å². The average Bonchev–Trinajstić information content (AvgIpc) is 2.66. The van der Waals surface area contributed by atoms with Crippen LogP contribution < -0.4 is 10.1 Å². The molecule has 1 aromatic carbocycles. The van der Waals surface area contributed by atoms with Crippen molar-refractivity contribution >= 4 is 11.9 Å². The van der Waals surface area contributed by atoms with Crippen LogP contribution in [0.2, 0.25) is 0 Å². The SMILES string of the molecule is COCCNC(=O)N1CCN(C(=O)CCc2ccc(OC)cc2)CC1. The van der Waals surface area contributed by atoms with E-state index in [0.29, 0.717) is 52.2 Å². The molecule has 7 heteroatoms. The van der Waals surface area contributed by atoms with Gasteiger partial charge in [0.2, 0.25) is 5.91 Å². The van der Waals surface area contributed by atoms with Crippen molar-refractivity contribution in [2.24, 2.45) is 0 Å². The van der Waals surface area contributed by atoms with Gasteiger partial charge in [-0.25, -0.2) is 4.79 Å². The van der Waals surface area contributed by atoms with Gasteiger partial charge in [0, 0.05) is 46.3 Å². The van der Waals surface area contributed by atoms with Gasteiger partial charge in [-0.15, -0.1) is 0 Å². The van der Waals surface area contributed by atoms with Crippen molar-refractivity contribution in [1.82, 2.24) is 15.1 Å². The Hall–Kier alpha value is -2.28. The number of urea groups is 1. The fourth-order valence-corrected chi connectivity index (χ4v) is 2.73. The third-order valence-electron chi connectivity index (χ3n) is 4.29. The second-order valence-corrected chi connectivity index (χ2v) is 5.94. The fraction of sp³-hybridized carbons (Fsp3) is 0.556. The van der Waals surface area contributed by atoms with E-state index in [9.17, 15) is 9.59 Å². The summed E-state index contributed by atoms with van der Waals surface area (Å²) in [5.41, 5.74) is 1.12. The summed E-state index contributed by atoms with van der Waals surface area (Å²) in [4.78, 5) is 27.9. The number of nitrogens with one attached hydrogen (secondary N) is 1. The lowest BCUT2D eigenvalue weighted by molar-refractivity contribution is -0.132. The average molecular weight is 349 g/mol. The molecule has 1 saturated heterocycles. The number of hydrogen-bond donors (Lipinski definition) is 1. The molecular formula is C18H27N3O4. The second kappa shape index (κ2) is 9.88. The third kappa shape index (κ3) is 5.94. The number of methoxy groups -OCH3 is 2. The minimum absolute atomic E-state index is 0.0950. The Labute approximate surface area is 148 Å². The lowest BCUT2D eigenvalue weighted by Crippen LogP contribution is -2.53. The molecule has 25 heavy (non-hydrogen) atoms. The predicted molar refractivity (Wildman–Crippen MR) is 94.7 cm³/mol. The van der Waals surface area contributed by atoms with Gasteiger partial charge in [0.1, 0.15) is 5.75 Å². The number of ether oxygens (including phenoxy) is 2. The summed E-state index contributed by atoms with van der Waals surface area (Å²) >= 11 is 0. The zero-order valence-electron chi connectivity index (χ0n) is 15.0. The van der Waals surface area contributed by atoms with Crippen molar-refractivity contribution in [1.29, 1.82) is 0 Å². The highest BCUT2D eigenvalue weighted by molar-refractivity contribution is 5.78. The van der Waals surface area contributed by atoms with E-state index in [4.69, 9.17) is 9.47 Å². The molecule has 1 fully saturated rings. The largest absolute Gasteiger partial charge is 0.497 e. The van der Waals surface area contributed by atoms with Gasteiger partial charge in [-0.05, 0) is 24.1 Å². The Morgan fingerprint density at radius 2 is 1.68 bits per heavy atom. The number of benzene rings is 1. The molecule has 1 heterocycles. The van der Waals surface area contributed by atoms with Crippen LogP contribution in [0.1, 0.15) is 12.0 Å². The number of nitrogens with zero attached hydrogens (tertiary/aromatic N) is 2. The van der Waals surface area contributed by atoms with E-state index in [1.54, 1.807) is 19.1 Å². The van der Waals surface area contributed by atoms with Crippen molar-refractivity contribution in [3.05, 3.63) is 29.8 Å². The highest BCUT2D eigenvalue weighted by Crippen LogP contribution is 2.13. The highest BCUT2D eigenvalue weighted by atomic mass is 16.5. The molecule has 0 radical (unpaired) electrons. The van der Waals surface area contributed by atoms with E-state index in [0.717, 1.165) is 11.3 Å².